The highest BCUT2D eigenvalue weighted by Gasteiger charge is 2.14. The second-order valence-corrected chi connectivity index (χ2v) is 5.42. The largest absolute Gasteiger partial charge is 0.349 e. The molecule has 1 aliphatic rings. The van der Waals surface area contributed by atoms with Gasteiger partial charge in [-0.05, 0) is 38.1 Å². The maximum absolute atomic E-state index is 11.9. The molecule has 1 aromatic heterocycles. The van der Waals surface area contributed by atoms with Crippen LogP contribution in [0, 0.1) is 0 Å². The number of carbonyl (C=O) groups is 1. The molecule has 1 fully saturated rings. The highest BCUT2D eigenvalue weighted by Crippen LogP contribution is 2.16. The number of amides is 1. The van der Waals surface area contributed by atoms with Crippen LogP contribution in [0.5, 0.6) is 0 Å². The van der Waals surface area contributed by atoms with Gasteiger partial charge in [0.25, 0.3) is 5.91 Å². The van der Waals surface area contributed by atoms with Crippen molar-refractivity contribution in [3.8, 4) is 0 Å². The number of hydrogen-bond donors (Lipinski definition) is 1. The first-order valence-electron chi connectivity index (χ1n) is 6.49. The number of nitrogens with one attached hydrogen (secondary N) is 1. The first-order valence-corrected chi connectivity index (χ1v) is 7.25. The molecule has 2 heterocycles. The summed E-state index contributed by atoms with van der Waals surface area (Å²) in [6, 6.07) is 3.14. The minimum atomic E-state index is -0.274. The number of nitrogens with zero attached hydrogens (tertiary/aromatic N) is 2. The van der Waals surface area contributed by atoms with E-state index >= 15 is 0 Å². The second kappa shape index (κ2) is 7.08. The molecular formula is C13H17Cl2N3O. The molecule has 0 bridgehead atoms. The van der Waals surface area contributed by atoms with Crippen LogP contribution in [0.25, 0.3) is 0 Å². The standard InChI is InChI=1S/C13H17Cl2N3O/c14-10-4-5-11(15)17-12(10)13(19)16-6-9-18-7-2-1-3-8-18/h4-5H,1-3,6-9H2,(H,16,19). The third-order valence-electron chi connectivity index (χ3n) is 3.19. The van der Waals surface area contributed by atoms with E-state index in [1.54, 1.807) is 12.1 Å². The molecule has 0 radical (unpaired) electrons. The summed E-state index contributed by atoms with van der Waals surface area (Å²) < 4.78 is 0. The second-order valence-electron chi connectivity index (χ2n) is 4.62. The molecule has 4 nitrogen and oxygen atoms in total. The van der Waals surface area contributed by atoms with Crippen molar-refractivity contribution in [1.82, 2.24) is 15.2 Å². The van der Waals surface area contributed by atoms with Crippen LogP contribution in [0.3, 0.4) is 0 Å². The molecule has 6 heteroatoms. The van der Waals surface area contributed by atoms with Crippen LogP contribution < -0.4 is 5.32 Å². The van der Waals surface area contributed by atoms with Gasteiger partial charge in [-0.2, -0.15) is 0 Å². The quantitative estimate of drug-likeness (QED) is 0.870. The molecule has 0 unspecified atom stereocenters. The number of hydrogen-bond acceptors (Lipinski definition) is 3. The summed E-state index contributed by atoms with van der Waals surface area (Å²) >= 11 is 11.7. The fourth-order valence-electron chi connectivity index (χ4n) is 2.17. The Morgan fingerprint density at radius 1 is 1.26 bits per heavy atom. The lowest BCUT2D eigenvalue weighted by Gasteiger charge is -2.26. The topological polar surface area (TPSA) is 45.2 Å². The van der Waals surface area contributed by atoms with Gasteiger partial charge in [-0.15, -0.1) is 0 Å². The van der Waals surface area contributed by atoms with Gasteiger partial charge in [0.1, 0.15) is 10.8 Å². The van der Waals surface area contributed by atoms with E-state index in [4.69, 9.17) is 23.2 Å². The van der Waals surface area contributed by atoms with Gasteiger partial charge in [-0.25, -0.2) is 4.98 Å². The lowest BCUT2D eigenvalue weighted by Crippen LogP contribution is -2.37. The number of carbonyl (C=O) groups excluding carboxylic acids is 1. The summed E-state index contributed by atoms with van der Waals surface area (Å²) in [6.07, 6.45) is 3.80. The molecule has 1 N–H and O–H groups in total. The molecule has 0 aliphatic carbocycles. The van der Waals surface area contributed by atoms with Gasteiger partial charge in [0.2, 0.25) is 0 Å². The Morgan fingerprint density at radius 3 is 2.74 bits per heavy atom. The van der Waals surface area contributed by atoms with Crippen molar-refractivity contribution in [2.75, 3.05) is 26.2 Å². The first kappa shape index (κ1) is 14.6. The van der Waals surface area contributed by atoms with Crippen LogP contribution in [0.15, 0.2) is 12.1 Å². The van der Waals surface area contributed by atoms with E-state index in [2.05, 4.69) is 15.2 Å². The molecule has 2 rings (SSSR count). The van der Waals surface area contributed by atoms with Crippen molar-refractivity contribution in [2.45, 2.75) is 19.3 Å². The van der Waals surface area contributed by atoms with Crippen molar-refractivity contribution in [3.63, 3.8) is 0 Å². The van der Waals surface area contributed by atoms with Crippen molar-refractivity contribution in [1.29, 1.82) is 0 Å². The zero-order chi connectivity index (χ0) is 13.7. The Morgan fingerprint density at radius 2 is 2.00 bits per heavy atom. The Hall–Kier alpha value is -0.840. The highest BCUT2D eigenvalue weighted by atomic mass is 35.5. The summed E-state index contributed by atoms with van der Waals surface area (Å²) in [5, 5.41) is 3.42. The van der Waals surface area contributed by atoms with Gasteiger partial charge < -0.3 is 10.2 Å². The van der Waals surface area contributed by atoms with Crippen molar-refractivity contribution < 1.29 is 4.79 Å². The van der Waals surface area contributed by atoms with Crippen molar-refractivity contribution >= 4 is 29.1 Å². The molecule has 0 aromatic carbocycles. The smallest absolute Gasteiger partial charge is 0.271 e. The average Bonchev–Trinajstić information content (AvgIpc) is 2.42. The molecule has 1 saturated heterocycles. The number of pyridine rings is 1. The van der Waals surface area contributed by atoms with E-state index in [-0.39, 0.29) is 16.8 Å². The predicted octanol–water partition coefficient (Wildman–Crippen LogP) is 2.60. The summed E-state index contributed by atoms with van der Waals surface area (Å²) in [5.41, 5.74) is 0.188. The number of rotatable bonds is 4. The number of halogens is 2. The van der Waals surface area contributed by atoms with E-state index in [1.807, 2.05) is 0 Å². The Labute approximate surface area is 123 Å². The van der Waals surface area contributed by atoms with Gasteiger partial charge in [0.15, 0.2) is 0 Å². The normalized spacial score (nSPS) is 16.3. The van der Waals surface area contributed by atoms with Crippen molar-refractivity contribution in [3.05, 3.63) is 28.0 Å². The summed E-state index contributed by atoms with van der Waals surface area (Å²) in [4.78, 5) is 18.2. The monoisotopic (exact) mass is 301 g/mol. The van der Waals surface area contributed by atoms with E-state index in [0.717, 1.165) is 19.6 Å². The van der Waals surface area contributed by atoms with Crippen LogP contribution in [-0.4, -0.2) is 42.0 Å². The van der Waals surface area contributed by atoms with Crippen LogP contribution in [0.2, 0.25) is 10.2 Å². The van der Waals surface area contributed by atoms with Gasteiger partial charge in [0.05, 0.1) is 5.02 Å². The molecular weight excluding hydrogens is 285 g/mol. The zero-order valence-corrected chi connectivity index (χ0v) is 12.2. The molecule has 1 aromatic rings. The molecule has 19 heavy (non-hydrogen) atoms. The number of piperidine rings is 1. The SMILES string of the molecule is O=C(NCCN1CCCCC1)c1nc(Cl)ccc1Cl. The van der Waals surface area contributed by atoms with Crippen LogP contribution in [0.4, 0.5) is 0 Å². The molecule has 104 valence electrons. The molecule has 1 aliphatic heterocycles. The maximum Gasteiger partial charge on any atom is 0.271 e. The number of likely N-dealkylation sites (tertiary alicyclic amines) is 1. The van der Waals surface area contributed by atoms with E-state index < -0.39 is 0 Å². The van der Waals surface area contributed by atoms with Crippen molar-refractivity contribution in [2.24, 2.45) is 0 Å². The number of aromatic nitrogens is 1. The highest BCUT2D eigenvalue weighted by molar-refractivity contribution is 6.34. The molecule has 0 spiro atoms. The fourth-order valence-corrected chi connectivity index (χ4v) is 2.51. The molecule has 1 amide bonds. The van der Waals surface area contributed by atoms with E-state index in [0.29, 0.717) is 11.6 Å². The average molecular weight is 302 g/mol. The van der Waals surface area contributed by atoms with Gasteiger partial charge in [-0.3, -0.25) is 4.79 Å². The zero-order valence-electron chi connectivity index (χ0n) is 10.7. The Balaban J connectivity index is 1.82. The van der Waals surface area contributed by atoms with E-state index in [9.17, 15) is 4.79 Å². The lowest BCUT2D eigenvalue weighted by molar-refractivity contribution is 0.0942. The summed E-state index contributed by atoms with van der Waals surface area (Å²) in [6.45, 7) is 3.70. The minimum absolute atomic E-state index is 0.188. The predicted molar refractivity (Wildman–Crippen MR) is 76.9 cm³/mol. The Kier molecular flexibility index (Phi) is 5.43. The first-order chi connectivity index (χ1) is 9.16. The maximum atomic E-state index is 11.9. The van der Waals surface area contributed by atoms with Crippen LogP contribution >= 0.6 is 23.2 Å². The van der Waals surface area contributed by atoms with Gasteiger partial charge >= 0.3 is 0 Å². The van der Waals surface area contributed by atoms with Gasteiger partial charge in [-0.1, -0.05) is 29.6 Å². The molecule has 0 saturated carbocycles. The summed E-state index contributed by atoms with van der Waals surface area (Å²) in [5.74, 6) is -0.274. The fraction of sp³-hybridized carbons (Fsp3) is 0.538. The van der Waals surface area contributed by atoms with Crippen LogP contribution in [-0.2, 0) is 0 Å². The third kappa shape index (κ3) is 4.34. The Bertz CT molecular complexity index is 448. The summed E-state index contributed by atoms with van der Waals surface area (Å²) in [7, 11) is 0. The van der Waals surface area contributed by atoms with Gasteiger partial charge in [0, 0.05) is 13.1 Å². The van der Waals surface area contributed by atoms with E-state index in [1.165, 1.54) is 19.3 Å². The third-order valence-corrected chi connectivity index (χ3v) is 3.70. The van der Waals surface area contributed by atoms with Crippen LogP contribution in [0.1, 0.15) is 29.8 Å². The lowest BCUT2D eigenvalue weighted by atomic mass is 10.1. The molecule has 0 atom stereocenters. The minimum Gasteiger partial charge on any atom is -0.349 e.